The smallest absolute Gasteiger partial charge is 0.387 e. The largest absolute Gasteiger partial charge is 0.493 e. The Kier molecular flexibility index (Phi) is 9.15. The van der Waals surface area contributed by atoms with E-state index in [1.54, 1.807) is 43.3 Å². The maximum Gasteiger partial charge on any atom is 0.387 e. The summed E-state index contributed by atoms with van der Waals surface area (Å²) in [5.41, 5.74) is 5.95. The maximum absolute atomic E-state index is 12.7. The van der Waals surface area contributed by atoms with Crippen molar-refractivity contribution in [3.8, 4) is 11.5 Å². The van der Waals surface area contributed by atoms with Crippen molar-refractivity contribution in [3.63, 3.8) is 0 Å². The van der Waals surface area contributed by atoms with Gasteiger partial charge in [-0.05, 0) is 31.0 Å². The zero-order chi connectivity index (χ0) is 19.9. The number of alkyl halides is 2. The number of hydrogen-bond acceptors (Lipinski definition) is 4. The lowest BCUT2D eigenvalue weighted by Gasteiger charge is -2.24. The molecule has 0 aliphatic carbocycles. The van der Waals surface area contributed by atoms with Gasteiger partial charge in [0.05, 0.1) is 6.61 Å². The molecule has 8 heteroatoms. The lowest BCUT2D eigenvalue weighted by atomic mass is 9.92. The Bertz CT molecular complexity index is 758. The summed E-state index contributed by atoms with van der Waals surface area (Å²) in [4.78, 5) is 12.5. The van der Waals surface area contributed by atoms with E-state index in [1.807, 2.05) is 13.0 Å². The number of halogens is 3. The predicted octanol–water partition coefficient (Wildman–Crippen LogP) is 3.99. The molecule has 0 bridgehead atoms. The van der Waals surface area contributed by atoms with E-state index in [0.717, 1.165) is 6.42 Å². The first-order valence-corrected chi connectivity index (χ1v) is 8.67. The number of rotatable bonds is 9. The molecule has 3 N–H and O–H groups in total. The van der Waals surface area contributed by atoms with Gasteiger partial charge in [-0.25, -0.2) is 0 Å². The molecular weight excluding hydrogens is 390 g/mol. The second-order valence-corrected chi connectivity index (χ2v) is 6.25. The molecule has 1 unspecified atom stereocenters. The lowest BCUT2D eigenvalue weighted by molar-refractivity contribution is -0.126. The van der Waals surface area contributed by atoms with Crippen LogP contribution in [0.5, 0.6) is 11.5 Å². The average molecular weight is 415 g/mol. The van der Waals surface area contributed by atoms with Crippen molar-refractivity contribution in [2.45, 2.75) is 39.0 Å². The first-order valence-electron chi connectivity index (χ1n) is 8.67. The van der Waals surface area contributed by atoms with Crippen LogP contribution in [0.2, 0.25) is 0 Å². The summed E-state index contributed by atoms with van der Waals surface area (Å²) in [5, 5.41) is 2.68. The van der Waals surface area contributed by atoms with Crippen LogP contribution in [0.1, 0.15) is 31.4 Å². The Balaban J connectivity index is 0.00000392. The fourth-order valence-corrected chi connectivity index (χ4v) is 2.47. The minimum atomic E-state index is -2.98. The van der Waals surface area contributed by atoms with Crippen molar-refractivity contribution >= 4 is 18.3 Å². The summed E-state index contributed by atoms with van der Waals surface area (Å²) in [6.45, 7) is 1.01. The number of nitrogens with two attached hydrogens (primary N) is 1. The summed E-state index contributed by atoms with van der Waals surface area (Å²) in [6, 6.07) is 13.5. The summed E-state index contributed by atoms with van der Waals surface area (Å²) in [5.74, 6) is -0.0455. The molecule has 0 saturated carbocycles. The molecule has 0 aliphatic rings. The van der Waals surface area contributed by atoms with Gasteiger partial charge in [0.25, 0.3) is 0 Å². The molecule has 5 nitrogen and oxygen atoms in total. The van der Waals surface area contributed by atoms with Crippen LogP contribution in [-0.4, -0.2) is 19.1 Å². The van der Waals surface area contributed by atoms with E-state index in [4.69, 9.17) is 10.5 Å². The van der Waals surface area contributed by atoms with Gasteiger partial charge in [0.15, 0.2) is 0 Å². The van der Waals surface area contributed by atoms with Crippen molar-refractivity contribution < 1.29 is 23.0 Å². The quantitative estimate of drug-likeness (QED) is 0.650. The normalized spacial score (nSPS) is 12.6. The summed E-state index contributed by atoms with van der Waals surface area (Å²) < 4.78 is 35.5. The number of benzene rings is 2. The number of nitrogens with one attached hydrogen (secondary N) is 1. The minimum absolute atomic E-state index is 0. The number of hydrogen-bond donors (Lipinski definition) is 2. The average Bonchev–Trinajstić information content (AvgIpc) is 2.65. The Labute approximate surface area is 169 Å². The van der Waals surface area contributed by atoms with Gasteiger partial charge >= 0.3 is 6.61 Å². The lowest BCUT2D eigenvalue weighted by Crippen LogP contribution is -2.48. The van der Waals surface area contributed by atoms with Gasteiger partial charge in [0.1, 0.15) is 17.0 Å². The van der Waals surface area contributed by atoms with Crippen LogP contribution in [0.25, 0.3) is 0 Å². The Morgan fingerprint density at radius 2 is 1.89 bits per heavy atom. The molecule has 28 heavy (non-hydrogen) atoms. The number of carbonyl (C=O) groups excluding carboxylic acids is 1. The minimum Gasteiger partial charge on any atom is -0.493 e. The molecule has 154 valence electrons. The highest BCUT2D eigenvalue weighted by atomic mass is 35.5. The molecule has 0 fully saturated rings. The third kappa shape index (κ3) is 6.35. The molecule has 1 atom stereocenters. The zero-order valence-corrected chi connectivity index (χ0v) is 16.6. The highest BCUT2D eigenvalue weighted by Crippen LogP contribution is 2.27. The highest BCUT2D eigenvalue weighted by Gasteiger charge is 2.30. The van der Waals surface area contributed by atoms with Crippen molar-refractivity contribution in [2.24, 2.45) is 5.73 Å². The van der Waals surface area contributed by atoms with Gasteiger partial charge in [-0.2, -0.15) is 8.78 Å². The van der Waals surface area contributed by atoms with E-state index >= 15 is 0 Å². The summed E-state index contributed by atoms with van der Waals surface area (Å²) >= 11 is 0. The fraction of sp³-hybridized carbons (Fsp3) is 0.350. The predicted molar refractivity (Wildman–Crippen MR) is 106 cm³/mol. The van der Waals surface area contributed by atoms with E-state index in [1.165, 1.54) is 6.07 Å². The topological polar surface area (TPSA) is 73.6 Å². The molecule has 0 saturated heterocycles. The molecule has 0 aromatic heterocycles. The van der Waals surface area contributed by atoms with Crippen LogP contribution < -0.4 is 20.5 Å². The summed E-state index contributed by atoms with van der Waals surface area (Å²) in [7, 11) is 0. The van der Waals surface area contributed by atoms with Gasteiger partial charge in [0.2, 0.25) is 5.91 Å². The highest BCUT2D eigenvalue weighted by molar-refractivity contribution is 5.87. The van der Waals surface area contributed by atoms with Gasteiger partial charge < -0.3 is 20.5 Å². The van der Waals surface area contributed by atoms with Crippen LogP contribution in [0.3, 0.4) is 0 Å². The van der Waals surface area contributed by atoms with E-state index < -0.39 is 18.1 Å². The molecule has 2 rings (SSSR count). The second kappa shape index (κ2) is 10.8. The van der Waals surface area contributed by atoms with Crippen molar-refractivity contribution in [2.75, 3.05) is 6.61 Å². The first-order chi connectivity index (χ1) is 12.8. The van der Waals surface area contributed by atoms with Crippen LogP contribution in [-0.2, 0) is 16.9 Å². The Hall–Kier alpha value is -2.38. The van der Waals surface area contributed by atoms with Crippen LogP contribution in [0, 0.1) is 0 Å². The van der Waals surface area contributed by atoms with Crippen LogP contribution >= 0.6 is 12.4 Å². The van der Waals surface area contributed by atoms with Gasteiger partial charge in [-0.1, -0.05) is 37.3 Å². The van der Waals surface area contributed by atoms with Gasteiger partial charge in [-0.3, -0.25) is 4.79 Å². The molecule has 0 radical (unpaired) electrons. The number of ether oxygens (including phenoxy) is 2. The zero-order valence-electron chi connectivity index (χ0n) is 15.8. The van der Waals surface area contributed by atoms with Gasteiger partial charge in [0, 0.05) is 18.2 Å². The van der Waals surface area contributed by atoms with Crippen molar-refractivity contribution in [1.29, 1.82) is 0 Å². The molecule has 2 aromatic rings. The van der Waals surface area contributed by atoms with Crippen molar-refractivity contribution in [1.82, 2.24) is 5.32 Å². The van der Waals surface area contributed by atoms with E-state index in [9.17, 15) is 13.6 Å². The summed E-state index contributed by atoms with van der Waals surface area (Å²) in [6.07, 6.45) is 0.789. The third-order valence-electron chi connectivity index (χ3n) is 4.01. The molecule has 2 aromatic carbocycles. The van der Waals surface area contributed by atoms with Crippen molar-refractivity contribution in [3.05, 3.63) is 59.7 Å². The number of carbonyl (C=O) groups is 1. The molecule has 0 aliphatic heterocycles. The molecular formula is C20H25ClF2N2O3. The Morgan fingerprint density at radius 3 is 2.50 bits per heavy atom. The van der Waals surface area contributed by atoms with E-state index in [0.29, 0.717) is 23.5 Å². The second-order valence-electron chi connectivity index (χ2n) is 6.25. The van der Waals surface area contributed by atoms with E-state index in [-0.39, 0.29) is 24.7 Å². The first kappa shape index (κ1) is 23.7. The number of amides is 1. The molecule has 0 spiro atoms. The molecule has 1 amide bonds. The Morgan fingerprint density at radius 1 is 1.21 bits per heavy atom. The van der Waals surface area contributed by atoms with Crippen LogP contribution in [0.15, 0.2) is 48.5 Å². The standard InChI is InChI=1S/C20H24F2N2O3.ClH/c1-3-11-26-16-10-9-14(17(12-16)27-19(21)22)13-24-18(25)20(2,23)15-7-5-4-6-8-15;/h4-10,12,19H,3,11,13,23H2,1-2H3,(H,24,25);1H. The van der Waals surface area contributed by atoms with Gasteiger partial charge in [-0.15, -0.1) is 12.4 Å². The monoisotopic (exact) mass is 414 g/mol. The molecule has 0 heterocycles. The van der Waals surface area contributed by atoms with E-state index in [2.05, 4.69) is 10.1 Å². The SMILES string of the molecule is CCCOc1ccc(CNC(=O)C(C)(N)c2ccccc2)c(OC(F)F)c1.Cl. The van der Waals surface area contributed by atoms with Crippen LogP contribution in [0.4, 0.5) is 8.78 Å². The fourth-order valence-electron chi connectivity index (χ4n) is 2.47. The maximum atomic E-state index is 12.7. The third-order valence-corrected chi connectivity index (χ3v) is 4.01.